The van der Waals surface area contributed by atoms with Crippen LogP contribution in [-0.2, 0) is 0 Å². The van der Waals surface area contributed by atoms with E-state index < -0.39 is 0 Å². The Balaban J connectivity index is 2.24. The maximum atomic E-state index is 12.2. The van der Waals surface area contributed by atoms with Gasteiger partial charge in [0, 0.05) is 17.2 Å². The molecule has 0 saturated carbocycles. The highest BCUT2D eigenvalue weighted by Gasteiger charge is 2.08. The van der Waals surface area contributed by atoms with Crippen LogP contribution in [0.4, 0.5) is 0 Å². The molecule has 0 spiro atoms. The molecule has 0 heterocycles. The molecule has 0 saturated heterocycles. The topological polar surface area (TPSA) is 65.0 Å². The fourth-order valence-electron chi connectivity index (χ4n) is 2.05. The molecule has 23 heavy (non-hydrogen) atoms. The monoisotopic (exact) mass is 314 g/mol. The zero-order valence-corrected chi connectivity index (χ0v) is 13.2. The Bertz CT molecular complexity index is 734. The molecule has 1 N–H and O–H groups in total. The van der Waals surface area contributed by atoms with Crippen molar-refractivity contribution >= 4 is 11.9 Å². The van der Waals surface area contributed by atoms with Gasteiger partial charge < -0.3 is 19.3 Å². The number of carbonyl (C=O) groups is 1. The number of ether oxygens (including phenoxy) is 3. The van der Waals surface area contributed by atoms with Gasteiger partial charge in [-0.1, -0.05) is 0 Å². The SMILES string of the molecule is COc1ccc(/C=C/C(=O)c2ccc(O)c(OC)c2)c(OC)c1. The lowest BCUT2D eigenvalue weighted by molar-refractivity contribution is 0.104. The van der Waals surface area contributed by atoms with E-state index in [0.29, 0.717) is 17.1 Å². The summed E-state index contributed by atoms with van der Waals surface area (Å²) in [6.07, 6.45) is 3.11. The molecule has 2 aromatic rings. The van der Waals surface area contributed by atoms with E-state index in [1.165, 1.54) is 31.4 Å². The van der Waals surface area contributed by atoms with Crippen molar-refractivity contribution in [3.8, 4) is 23.0 Å². The first-order chi connectivity index (χ1) is 11.1. The average molecular weight is 314 g/mol. The van der Waals surface area contributed by atoms with E-state index in [2.05, 4.69) is 0 Å². The average Bonchev–Trinajstić information content (AvgIpc) is 2.59. The number of benzene rings is 2. The number of ketones is 1. The summed E-state index contributed by atoms with van der Waals surface area (Å²) in [7, 11) is 4.56. The highest BCUT2D eigenvalue weighted by molar-refractivity contribution is 6.07. The van der Waals surface area contributed by atoms with Crippen LogP contribution >= 0.6 is 0 Å². The van der Waals surface area contributed by atoms with Crippen molar-refractivity contribution in [2.75, 3.05) is 21.3 Å². The number of hydrogen-bond donors (Lipinski definition) is 1. The van der Waals surface area contributed by atoms with Crippen LogP contribution in [-0.4, -0.2) is 32.2 Å². The van der Waals surface area contributed by atoms with Crippen molar-refractivity contribution in [2.24, 2.45) is 0 Å². The minimum atomic E-state index is -0.207. The van der Waals surface area contributed by atoms with E-state index in [4.69, 9.17) is 14.2 Å². The Morgan fingerprint density at radius 2 is 1.70 bits per heavy atom. The summed E-state index contributed by atoms with van der Waals surface area (Å²) in [5, 5.41) is 9.56. The van der Waals surface area contributed by atoms with E-state index in [1.807, 2.05) is 0 Å². The quantitative estimate of drug-likeness (QED) is 0.654. The largest absolute Gasteiger partial charge is 0.504 e. The molecule has 0 aromatic heterocycles. The second-order valence-electron chi connectivity index (χ2n) is 4.69. The van der Waals surface area contributed by atoms with Crippen molar-refractivity contribution in [1.82, 2.24) is 0 Å². The summed E-state index contributed by atoms with van der Waals surface area (Å²) in [5.74, 6) is 1.32. The Kier molecular flexibility index (Phi) is 5.25. The first kappa shape index (κ1) is 16.4. The lowest BCUT2D eigenvalue weighted by atomic mass is 10.1. The van der Waals surface area contributed by atoms with Gasteiger partial charge in [0.05, 0.1) is 21.3 Å². The predicted octanol–water partition coefficient (Wildman–Crippen LogP) is 3.31. The highest BCUT2D eigenvalue weighted by Crippen LogP contribution is 2.28. The predicted molar refractivity (Wildman–Crippen MR) is 87.6 cm³/mol. The van der Waals surface area contributed by atoms with E-state index >= 15 is 0 Å². The number of aromatic hydroxyl groups is 1. The van der Waals surface area contributed by atoms with Crippen LogP contribution in [0.3, 0.4) is 0 Å². The summed E-state index contributed by atoms with van der Waals surface area (Å²) < 4.78 is 15.4. The molecular formula is C18H18O5. The van der Waals surface area contributed by atoms with Gasteiger partial charge in [-0.15, -0.1) is 0 Å². The molecule has 0 bridgehead atoms. The summed E-state index contributed by atoms with van der Waals surface area (Å²) in [6.45, 7) is 0. The van der Waals surface area contributed by atoms with Crippen LogP contribution in [0.1, 0.15) is 15.9 Å². The van der Waals surface area contributed by atoms with Crippen molar-refractivity contribution in [3.05, 3.63) is 53.6 Å². The lowest BCUT2D eigenvalue weighted by Gasteiger charge is -2.07. The second kappa shape index (κ2) is 7.35. The Hall–Kier alpha value is -2.95. The van der Waals surface area contributed by atoms with Crippen molar-refractivity contribution in [2.45, 2.75) is 0 Å². The van der Waals surface area contributed by atoms with Gasteiger partial charge in [0.2, 0.25) is 0 Å². The summed E-state index contributed by atoms with van der Waals surface area (Å²) in [5.41, 5.74) is 1.18. The van der Waals surface area contributed by atoms with Crippen molar-refractivity contribution in [1.29, 1.82) is 0 Å². The van der Waals surface area contributed by atoms with Crippen LogP contribution in [0, 0.1) is 0 Å². The first-order valence-electron chi connectivity index (χ1n) is 6.90. The number of rotatable bonds is 6. The molecule has 2 aromatic carbocycles. The molecule has 0 radical (unpaired) electrons. The fraction of sp³-hybridized carbons (Fsp3) is 0.167. The number of carbonyl (C=O) groups excluding carboxylic acids is 1. The molecule has 5 nitrogen and oxygen atoms in total. The van der Waals surface area contributed by atoms with E-state index in [-0.39, 0.29) is 17.3 Å². The summed E-state index contributed by atoms with van der Waals surface area (Å²) in [6, 6.07) is 9.79. The van der Waals surface area contributed by atoms with Gasteiger partial charge in [0.25, 0.3) is 0 Å². The van der Waals surface area contributed by atoms with Crippen LogP contribution in [0.25, 0.3) is 6.08 Å². The summed E-state index contributed by atoms with van der Waals surface area (Å²) >= 11 is 0. The van der Waals surface area contributed by atoms with E-state index in [9.17, 15) is 9.90 Å². The molecule has 2 rings (SSSR count). The minimum Gasteiger partial charge on any atom is -0.504 e. The molecule has 0 fully saturated rings. The van der Waals surface area contributed by atoms with Gasteiger partial charge >= 0.3 is 0 Å². The van der Waals surface area contributed by atoms with Crippen LogP contribution < -0.4 is 14.2 Å². The van der Waals surface area contributed by atoms with Gasteiger partial charge in [0.1, 0.15) is 11.5 Å². The van der Waals surface area contributed by atoms with Crippen LogP contribution in [0.2, 0.25) is 0 Å². The van der Waals surface area contributed by atoms with Crippen LogP contribution in [0.15, 0.2) is 42.5 Å². The number of methoxy groups -OCH3 is 3. The number of hydrogen-bond acceptors (Lipinski definition) is 5. The number of phenols is 1. The normalized spacial score (nSPS) is 10.6. The Labute approximate surface area is 134 Å². The van der Waals surface area contributed by atoms with Crippen molar-refractivity contribution < 1.29 is 24.1 Å². The molecular weight excluding hydrogens is 296 g/mol. The van der Waals surface area contributed by atoms with Gasteiger partial charge in [-0.25, -0.2) is 0 Å². The zero-order chi connectivity index (χ0) is 16.8. The maximum Gasteiger partial charge on any atom is 0.185 e. The fourth-order valence-corrected chi connectivity index (χ4v) is 2.05. The van der Waals surface area contributed by atoms with E-state index in [1.54, 1.807) is 38.5 Å². The molecule has 0 atom stereocenters. The number of phenolic OH excluding ortho intramolecular Hbond substituents is 1. The Morgan fingerprint density at radius 1 is 0.957 bits per heavy atom. The molecule has 120 valence electrons. The Morgan fingerprint density at radius 3 is 2.35 bits per heavy atom. The molecule has 0 unspecified atom stereocenters. The minimum absolute atomic E-state index is 0.00940. The van der Waals surface area contributed by atoms with Gasteiger partial charge in [0.15, 0.2) is 17.3 Å². The van der Waals surface area contributed by atoms with Crippen molar-refractivity contribution in [3.63, 3.8) is 0 Å². The van der Waals surface area contributed by atoms with Gasteiger partial charge in [-0.05, 0) is 42.5 Å². The van der Waals surface area contributed by atoms with E-state index in [0.717, 1.165) is 5.56 Å². The third kappa shape index (κ3) is 3.83. The molecule has 0 amide bonds. The highest BCUT2D eigenvalue weighted by atomic mass is 16.5. The molecule has 0 aliphatic carbocycles. The summed E-state index contributed by atoms with van der Waals surface area (Å²) in [4.78, 5) is 12.2. The third-order valence-corrected chi connectivity index (χ3v) is 3.32. The first-order valence-corrected chi connectivity index (χ1v) is 6.90. The van der Waals surface area contributed by atoms with Crippen LogP contribution in [0.5, 0.6) is 23.0 Å². The smallest absolute Gasteiger partial charge is 0.185 e. The number of allylic oxidation sites excluding steroid dienone is 1. The molecule has 0 aliphatic rings. The zero-order valence-electron chi connectivity index (χ0n) is 13.2. The molecule has 5 heteroatoms. The molecule has 0 aliphatic heterocycles. The van der Waals surface area contributed by atoms with Gasteiger partial charge in [-0.2, -0.15) is 0 Å². The standard InChI is InChI=1S/C18H18O5/c1-21-14-7-4-12(17(11-14)22-2)5-8-15(19)13-6-9-16(20)18(10-13)23-3/h4-11,20H,1-3H3/b8-5+. The third-order valence-electron chi connectivity index (χ3n) is 3.32. The van der Waals surface area contributed by atoms with Gasteiger partial charge in [-0.3, -0.25) is 4.79 Å². The second-order valence-corrected chi connectivity index (χ2v) is 4.69. The lowest BCUT2D eigenvalue weighted by Crippen LogP contribution is -1.96. The maximum absolute atomic E-state index is 12.2.